The number of rotatable bonds is 5. The minimum absolute atomic E-state index is 0.0815. The van der Waals surface area contributed by atoms with E-state index in [1.165, 1.54) is 12.1 Å². The molecule has 0 saturated carbocycles. The molecule has 0 saturated heterocycles. The van der Waals surface area contributed by atoms with Crippen LogP contribution in [0, 0.1) is 18.7 Å². The van der Waals surface area contributed by atoms with Gasteiger partial charge in [0.1, 0.15) is 5.82 Å². The van der Waals surface area contributed by atoms with Gasteiger partial charge in [-0.3, -0.25) is 0 Å². The second-order valence-electron chi connectivity index (χ2n) is 4.54. The average molecular weight is 294 g/mol. The molecular formula is C12H17ClFNO2S. The van der Waals surface area contributed by atoms with E-state index in [9.17, 15) is 12.8 Å². The zero-order valence-corrected chi connectivity index (χ0v) is 12.1. The first-order valence-electron chi connectivity index (χ1n) is 5.62. The van der Waals surface area contributed by atoms with E-state index in [2.05, 4.69) is 4.72 Å². The lowest BCUT2D eigenvalue weighted by molar-refractivity contribution is 0.480. The first kappa shape index (κ1) is 15.4. The molecule has 3 nitrogen and oxygen atoms in total. The maximum Gasteiger partial charge on any atom is 0.241 e. The molecule has 102 valence electrons. The van der Waals surface area contributed by atoms with Gasteiger partial charge in [0, 0.05) is 11.9 Å². The van der Waals surface area contributed by atoms with Crippen LogP contribution in [0.4, 0.5) is 4.39 Å². The van der Waals surface area contributed by atoms with Crippen molar-refractivity contribution >= 4 is 21.6 Å². The first-order valence-corrected chi connectivity index (χ1v) is 7.64. The zero-order chi connectivity index (χ0) is 13.9. The molecule has 1 aromatic carbocycles. The Morgan fingerprint density at radius 3 is 2.44 bits per heavy atom. The van der Waals surface area contributed by atoms with Crippen molar-refractivity contribution in [3.05, 3.63) is 29.6 Å². The summed E-state index contributed by atoms with van der Waals surface area (Å²) in [5.41, 5.74) is 0.375. The highest BCUT2D eigenvalue weighted by Crippen LogP contribution is 2.17. The molecule has 1 aromatic rings. The van der Waals surface area contributed by atoms with Crippen LogP contribution in [0.15, 0.2) is 23.1 Å². The largest absolute Gasteiger partial charge is 0.241 e. The van der Waals surface area contributed by atoms with E-state index in [0.717, 1.165) is 6.07 Å². The molecule has 0 aromatic heterocycles. The van der Waals surface area contributed by atoms with Crippen molar-refractivity contribution in [3.8, 4) is 0 Å². The monoisotopic (exact) mass is 293 g/mol. The van der Waals surface area contributed by atoms with E-state index >= 15 is 0 Å². The minimum Gasteiger partial charge on any atom is -0.207 e. The van der Waals surface area contributed by atoms with Gasteiger partial charge in [0.15, 0.2) is 0 Å². The molecule has 0 aliphatic carbocycles. The van der Waals surface area contributed by atoms with E-state index < -0.39 is 15.8 Å². The molecule has 1 unspecified atom stereocenters. The third-order valence-corrected chi connectivity index (χ3v) is 4.69. The summed E-state index contributed by atoms with van der Waals surface area (Å²) in [7, 11) is -3.67. The van der Waals surface area contributed by atoms with Crippen LogP contribution < -0.4 is 4.72 Å². The number of aryl methyl sites for hydroxylation is 1. The van der Waals surface area contributed by atoms with Crippen molar-refractivity contribution in [2.24, 2.45) is 5.92 Å². The highest BCUT2D eigenvalue weighted by molar-refractivity contribution is 7.89. The van der Waals surface area contributed by atoms with Gasteiger partial charge in [-0.1, -0.05) is 13.8 Å². The first-order chi connectivity index (χ1) is 8.27. The third kappa shape index (κ3) is 3.67. The van der Waals surface area contributed by atoms with Crippen molar-refractivity contribution < 1.29 is 12.8 Å². The van der Waals surface area contributed by atoms with Crippen molar-refractivity contribution in [1.82, 2.24) is 4.72 Å². The fourth-order valence-corrected chi connectivity index (χ4v) is 3.66. The molecule has 0 aliphatic heterocycles. The summed E-state index contributed by atoms with van der Waals surface area (Å²) in [6, 6.07) is 3.24. The van der Waals surface area contributed by atoms with Crippen molar-refractivity contribution in [3.63, 3.8) is 0 Å². The summed E-state index contributed by atoms with van der Waals surface area (Å²) in [4.78, 5) is 0.0830. The third-order valence-electron chi connectivity index (χ3n) is 2.70. The van der Waals surface area contributed by atoms with Crippen LogP contribution in [0.1, 0.15) is 19.4 Å². The molecular weight excluding hydrogens is 277 g/mol. The molecule has 1 atom stereocenters. The Balaban J connectivity index is 3.06. The van der Waals surface area contributed by atoms with Gasteiger partial charge >= 0.3 is 0 Å². The smallest absolute Gasteiger partial charge is 0.207 e. The van der Waals surface area contributed by atoms with Crippen LogP contribution >= 0.6 is 11.6 Å². The van der Waals surface area contributed by atoms with E-state index in [0.29, 0.717) is 5.56 Å². The number of benzene rings is 1. The molecule has 0 fully saturated rings. The number of halogens is 2. The fraction of sp³-hybridized carbons (Fsp3) is 0.500. The zero-order valence-electron chi connectivity index (χ0n) is 10.6. The number of nitrogens with one attached hydrogen (secondary N) is 1. The highest BCUT2D eigenvalue weighted by atomic mass is 35.5. The SMILES string of the molecule is Cc1cc(F)ccc1S(=O)(=O)NC(CCl)C(C)C. The van der Waals surface area contributed by atoms with Crippen LogP contribution in [0.2, 0.25) is 0 Å². The van der Waals surface area contributed by atoms with Gasteiger partial charge in [-0.15, -0.1) is 11.6 Å². The van der Waals surface area contributed by atoms with Crippen LogP contribution in [0.25, 0.3) is 0 Å². The summed E-state index contributed by atoms with van der Waals surface area (Å²) in [6.45, 7) is 5.32. The molecule has 0 spiro atoms. The fourth-order valence-electron chi connectivity index (χ4n) is 1.52. The van der Waals surface area contributed by atoms with Gasteiger partial charge < -0.3 is 0 Å². The molecule has 18 heavy (non-hydrogen) atoms. The molecule has 1 rings (SSSR count). The Morgan fingerprint density at radius 1 is 1.39 bits per heavy atom. The highest BCUT2D eigenvalue weighted by Gasteiger charge is 2.23. The summed E-state index contributed by atoms with van der Waals surface area (Å²) in [5, 5.41) is 0. The normalized spacial score (nSPS) is 13.9. The van der Waals surface area contributed by atoms with E-state index in [-0.39, 0.29) is 22.7 Å². The Bertz CT molecular complexity index is 517. The van der Waals surface area contributed by atoms with Gasteiger partial charge in [-0.25, -0.2) is 17.5 Å². The van der Waals surface area contributed by atoms with Gasteiger partial charge in [0.05, 0.1) is 4.90 Å². The molecule has 0 aliphatic rings. The maximum atomic E-state index is 13.0. The van der Waals surface area contributed by atoms with Gasteiger partial charge in [-0.05, 0) is 36.6 Å². The average Bonchev–Trinajstić information content (AvgIpc) is 2.24. The number of alkyl halides is 1. The molecule has 0 heterocycles. The van der Waals surface area contributed by atoms with Gasteiger partial charge in [0.25, 0.3) is 0 Å². The standard InChI is InChI=1S/C12H17ClFNO2S/c1-8(2)11(7-13)15-18(16,17)12-5-4-10(14)6-9(12)3/h4-6,8,11,15H,7H2,1-3H3. The van der Waals surface area contributed by atoms with Gasteiger partial charge in [-0.2, -0.15) is 0 Å². The summed E-state index contributed by atoms with van der Waals surface area (Å²) < 4.78 is 39.8. The quantitative estimate of drug-likeness (QED) is 0.849. The number of hydrogen-bond donors (Lipinski definition) is 1. The Hall–Kier alpha value is -0.650. The summed E-state index contributed by atoms with van der Waals surface area (Å²) >= 11 is 5.73. The van der Waals surface area contributed by atoms with E-state index in [4.69, 9.17) is 11.6 Å². The minimum atomic E-state index is -3.67. The van der Waals surface area contributed by atoms with Crippen LogP contribution in [-0.4, -0.2) is 20.3 Å². The summed E-state index contributed by atoms with van der Waals surface area (Å²) in [5.74, 6) is -0.181. The molecule has 6 heteroatoms. The molecule has 0 bridgehead atoms. The predicted molar refractivity (Wildman–Crippen MR) is 70.8 cm³/mol. The number of sulfonamides is 1. The maximum absolute atomic E-state index is 13.0. The molecule has 0 radical (unpaired) electrons. The lowest BCUT2D eigenvalue weighted by Crippen LogP contribution is -2.40. The van der Waals surface area contributed by atoms with E-state index in [1.807, 2.05) is 13.8 Å². The molecule has 0 amide bonds. The second kappa shape index (κ2) is 5.99. The van der Waals surface area contributed by atoms with Crippen molar-refractivity contribution in [2.45, 2.75) is 31.7 Å². The van der Waals surface area contributed by atoms with E-state index in [1.54, 1.807) is 6.92 Å². The number of hydrogen-bond acceptors (Lipinski definition) is 2. The predicted octanol–water partition coefficient (Wildman–Crippen LogP) is 2.68. The Kier molecular flexibility index (Phi) is 5.13. The Labute approximate surface area is 112 Å². The van der Waals surface area contributed by atoms with Crippen molar-refractivity contribution in [1.29, 1.82) is 0 Å². The second-order valence-corrected chi connectivity index (χ2v) is 6.53. The van der Waals surface area contributed by atoms with Crippen LogP contribution in [-0.2, 0) is 10.0 Å². The lowest BCUT2D eigenvalue weighted by atomic mass is 10.1. The summed E-state index contributed by atoms with van der Waals surface area (Å²) in [6.07, 6.45) is 0. The topological polar surface area (TPSA) is 46.2 Å². The lowest BCUT2D eigenvalue weighted by Gasteiger charge is -2.20. The molecule has 1 N–H and O–H groups in total. The van der Waals surface area contributed by atoms with Crippen LogP contribution in [0.3, 0.4) is 0 Å². The van der Waals surface area contributed by atoms with Crippen molar-refractivity contribution in [2.75, 3.05) is 5.88 Å². The Morgan fingerprint density at radius 2 is 2.00 bits per heavy atom. The van der Waals surface area contributed by atoms with Gasteiger partial charge in [0.2, 0.25) is 10.0 Å². The van der Waals surface area contributed by atoms with Crippen LogP contribution in [0.5, 0.6) is 0 Å².